The normalized spacial score (nSPS) is 26.8. The molecule has 1 saturated carbocycles. The summed E-state index contributed by atoms with van der Waals surface area (Å²) in [7, 11) is 1.89. The molecule has 1 fully saturated rings. The molecule has 4 heteroatoms. The molecule has 0 radical (unpaired) electrons. The summed E-state index contributed by atoms with van der Waals surface area (Å²) < 4.78 is 1.85. The van der Waals surface area contributed by atoms with Crippen LogP contribution in [0.5, 0.6) is 0 Å². The van der Waals surface area contributed by atoms with Gasteiger partial charge in [0, 0.05) is 19.2 Å². The van der Waals surface area contributed by atoms with Gasteiger partial charge < -0.3 is 9.67 Å². The molecule has 2 rings (SSSR count). The third-order valence-electron chi connectivity index (χ3n) is 2.70. The number of carboxylic acid groups (broad SMARTS) is 1. The predicted octanol–water partition coefficient (Wildman–Crippen LogP) is 0.998. The highest BCUT2D eigenvalue weighted by Crippen LogP contribution is 2.41. The van der Waals surface area contributed by atoms with Crippen molar-refractivity contribution in [2.45, 2.75) is 18.8 Å². The van der Waals surface area contributed by atoms with Crippen LogP contribution in [0.4, 0.5) is 0 Å². The van der Waals surface area contributed by atoms with Crippen LogP contribution in [0.1, 0.15) is 24.5 Å². The van der Waals surface area contributed by atoms with Crippen LogP contribution in [0.2, 0.25) is 0 Å². The lowest BCUT2D eigenvalue weighted by Crippen LogP contribution is -2.31. The molecular formula is C9H12N2O2. The lowest BCUT2D eigenvalue weighted by molar-refractivity contribution is -0.145. The van der Waals surface area contributed by atoms with E-state index < -0.39 is 5.97 Å². The van der Waals surface area contributed by atoms with E-state index >= 15 is 0 Å². The molecular weight excluding hydrogens is 168 g/mol. The van der Waals surface area contributed by atoms with Gasteiger partial charge in [-0.05, 0) is 12.8 Å². The zero-order valence-electron chi connectivity index (χ0n) is 7.47. The van der Waals surface area contributed by atoms with Crippen LogP contribution in [0, 0.1) is 5.92 Å². The van der Waals surface area contributed by atoms with Gasteiger partial charge in [0.05, 0.1) is 17.9 Å². The molecule has 1 aromatic rings. The number of carboxylic acids is 1. The Morgan fingerprint density at radius 2 is 2.46 bits per heavy atom. The quantitative estimate of drug-likeness (QED) is 0.738. The highest BCUT2D eigenvalue weighted by Gasteiger charge is 2.38. The maximum Gasteiger partial charge on any atom is 0.307 e. The van der Waals surface area contributed by atoms with E-state index in [-0.39, 0.29) is 11.8 Å². The largest absolute Gasteiger partial charge is 0.481 e. The topological polar surface area (TPSA) is 55.1 Å². The number of aliphatic carboxylic acids is 1. The van der Waals surface area contributed by atoms with E-state index in [0.29, 0.717) is 0 Å². The molecule has 0 aliphatic heterocycles. The summed E-state index contributed by atoms with van der Waals surface area (Å²) in [6, 6.07) is 0. The lowest BCUT2D eigenvalue weighted by Gasteiger charge is -2.31. The van der Waals surface area contributed by atoms with Gasteiger partial charge in [0.15, 0.2) is 0 Å². The highest BCUT2D eigenvalue weighted by molar-refractivity contribution is 5.72. The fourth-order valence-electron chi connectivity index (χ4n) is 1.77. The van der Waals surface area contributed by atoms with E-state index in [9.17, 15) is 4.79 Å². The number of rotatable bonds is 2. The van der Waals surface area contributed by atoms with Crippen LogP contribution >= 0.6 is 0 Å². The smallest absolute Gasteiger partial charge is 0.307 e. The minimum absolute atomic E-state index is 0.138. The van der Waals surface area contributed by atoms with Crippen LogP contribution < -0.4 is 0 Å². The number of carbonyl (C=O) groups is 1. The second-order valence-electron chi connectivity index (χ2n) is 3.59. The van der Waals surface area contributed by atoms with Crippen LogP contribution in [-0.4, -0.2) is 20.6 Å². The molecule has 2 unspecified atom stereocenters. The molecule has 2 atom stereocenters. The zero-order chi connectivity index (χ0) is 9.42. The van der Waals surface area contributed by atoms with Gasteiger partial charge in [-0.2, -0.15) is 0 Å². The van der Waals surface area contributed by atoms with Gasteiger partial charge in [0.2, 0.25) is 0 Å². The molecule has 0 aromatic carbocycles. The van der Waals surface area contributed by atoms with Gasteiger partial charge in [-0.25, -0.2) is 4.98 Å². The van der Waals surface area contributed by atoms with Crippen LogP contribution in [-0.2, 0) is 11.8 Å². The number of aromatic nitrogens is 2. The first-order valence-electron chi connectivity index (χ1n) is 4.39. The second kappa shape index (κ2) is 2.87. The van der Waals surface area contributed by atoms with E-state index in [4.69, 9.17) is 5.11 Å². The van der Waals surface area contributed by atoms with Crippen molar-refractivity contribution in [1.29, 1.82) is 0 Å². The van der Waals surface area contributed by atoms with Gasteiger partial charge in [-0.1, -0.05) is 0 Å². The molecule has 1 aliphatic carbocycles. The Hall–Kier alpha value is -1.32. The summed E-state index contributed by atoms with van der Waals surface area (Å²) in [6.07, 6.45) is 5.36. The van der Waals surface area contributed by atoms with E-state index in [2.05, 4.69) is 4.98 Å². The first-order valence-corrected chi connectivity index (χ1v) is 4.39. The maximum atomic E-state index is 10.7. The number of imidazole rings is 1. The molecule has 70 valence electrons. The predicted molar refractivity (Wildman–Crippen MR) is 46.3 cm³/mol. The maximum absolute atomic E-state index is 10.7. The van der Waals surface area contributed by atoms with Crippen LogP contribution in [0.25, 0.3) is 0 Å². The summed E-state index contributed by atoms with van der Waals surface area (Å²) in [6.45, 7) is 0. The third kappa shape index (κ3) is 1.32. The summed E-state index contributed by atoms with van der Waals surface area (Å²) in [4.78, 5) is 14.9. The fourth-order valence-corrected chi connectivity index (χ4v) is 1.77. The average Bonchev–Trinajstić information content (AvgIpc) is 2.32. The standard InChI is InChI=1S/C9H12N2O2/c1-11-4-8(10-5-11)6-2-3-7(6)9(12)13/h4-7H,2-3H2,1H3,(H,12,13). The number of nitrogens with zero attached hydrogens (tertiary/aromatic N) is 2. The van der Waals surface area contributed by atoms with E-state index in [0.717, 1.165) is 18.5 Å². The Kier molecular flexibility index (Phi) is 1.83. The van der Waals surface area contributed by atoms with Crippen molar-refractivity contribution in [2.24, 2.45) is 13.0 Å². The highest BCUT2D eigenvalue weighted by atomic mass is 16.4. The third-order valence-corrected chi connectivity index (χ3v) is 2.70. The minimum Gasteiger partial charge on any atom is -0.481 e. The minimum atomic E-state index is -0.693. The lowest BCUT2D eigenvalue weighted by atomic mass is 9.72. The van der Waals surface area contributed by atoms with Crippen molar-refractivity contribution in [3.05, 3.63) is 18.2 Å². The van der Waals surface area contributed by atoms with Crippen molar-refractivity contribution in [2.75, 3.05) is 0 Å². The zero-order valence-corrected chi connectivity index (χ0v) is 7.47. The van der Waals surface area contributed by atoms with Crippen molar-refractivity contribution >= 4 is 5.97 Å². The first-order chi connectivity index (χ1) is 6.18. The van der Waals surface area contributed by atoms with Gasteiger partial charge in [-0.15, -0.1) is 0 Å². The first kappa shape index (κ1) is 8.29. The Balaban J connectivity index is 2.14. The van der Waals surface area contributed by atoms with Crippen LogP contribution in [0.15, 0.2) is 12.5 Å². The van der Waals surface area contributed by atoms with Crippen molar-refractivity contribution < 1.29 is 9.90 Å². The van der Waals surface area contributed by atoms with Gasteiger partial charge in [0.1, 0.15) is 0 Å². The molecule has 0 bridgehead atoms. The Labute approximate surface area is 76.2 Å². The van der Waals surface area contributed by atoms with Gasteiger partial charge >= 0.3 is 5.97 Å². The van der Waals surface area contributed by atoms with E-state index in [1.165, 1.54) is 0 Å². The molecule has 4 nitrogen and oxygen atoms in total. The van der Waals surface area contributed by atoms with Crippen molar-refractivity contribution in [3.63, 3.8) is 0 Å². The number of hydrogen-bond donors (Lipinski definition) is 1. The van der Waals surface area contributed by atoms with E-state index in [1.807, 2.05) is 17.8 Å². The summed E-state index contributed by atoms with van der Waals surface area (Å²) in [5.41, 5.74) is 0.918. The molecule has 1 aromatic heterocycles. The second-order valence-corrected chi connectivity index (χ2v) is 3.59. The summed E-state index contributed by atoms with van der Waals surface area (Å²) in [5.74, 6) is -0.768. The molecule has 0 saturated heterocycles. The molecule has 1 aliphatic rings. The summed E-state index contributed by atoms with van der Waals surface area (Å²) >= 11 is 0. The fraction of sp³-hybridized carbons (Fsp3) is 0.556. The monoisotopic (exact) mass is 180 g/mol. The van der Waals surface area contributed by atoms with Gasteiger partial charge in [-0.3, -0.25) is 4.79 Å². The van der Waals surface area contributed by atoms with E-state index in [1.54, 1.807) is 6.33 Å². The van der Waals surface area contributed by atoms with Gasteiger partial charge in [0.25, 0.3) is 0 Å². The SMILES string of the molecule is Cn1cnc(C2CCC2C(=O)O)c1. The Morgan fingerprint density at radius 1 is 1.69 bits per heavy atom. The number of aryl methyl sites for hydroxylation is 1. The summed E-state index contributed by atoms with van der Waals surface area (Å²) in [5, 5.41) is 8.84. The Bertz CT molecular complexity index is 332. The average molecular weight is 180 g/mol. The molecule has 1 heterocycles. The Morgan fingerprint density at radius 3 is 2.85 bits per heavy atom. The van der Waals surface area contributed by atoms with Crippen molar-refractivity contribution in [1.82, 2.24) is 9.55 Å². The number of hydrogen-bond acceptors (Lipinski definition) is 2. The molecule has 13 heavy (non-hydrogen) atoms. The molecule has 0 spiro atoms. The van der Waals surface area contributed by atoms with Crippen molar-refractivity contribution in [3.8, 4) is 0 Å². The molecule has 0 amide bonds. The molecule has 1 N–H and O–H groups in total. The van der Waals surface area contributed by atoms with Crippen LogP contribution in [0.3, 0.4) is 0 Å².